The summed E-state index contributed by atoms with van der Waals surface area (Å²) in [6.45, 7) is 3.78. The van der Waals surface area contributed by atoms with E-state index in [1.165, 1.54) is 18.0 Å². The fourth-order valence-corrected chi connectivity index (χ4v) is 2.74. The lowest BCUT2D eigenvalue weighted by Crippen LogP contribution is -2.19. The average Bonchev–Trinajstić information content (AvgIpc) is 2.48. The van der Waals surface area contributed by atoms with Crippen LogP contribution in [0.15, 0.2) is 34.5 Å². The molecule has 1 heterocycles. The third-order valence-corrected chi connectivity index (χ3v) is 4.23. The van der Waals surface area contributed by atoms with E-state index in [4.69, 9.17) is 23.2 Å². The second-order valence-corrected chi connectivity index (χ2v) is 6.45. The second-order valence-electron chi connectivity index (χ2n) is 4.69. The van der Waals surface area contributed by atoms with Gasteiger partial charge in [0.15, 0.2) is 5.16 Å². The van der Waals surface area contributed by atoms with E-state index >= 15 is 0 Å². The van der Waals surface area contributed by atoms with Crippen LogP contribution in [-0.2, 0) is 4.79 Å². The zero-order valence-electron chi connectivity index (χ0n) is 12.5. The van der Waals surface area contributed by atoms with E-state index < -0.39 is 0 Å². The number of halogens is 2. The third kappa shape index (κ3) is 5.82. The van der Waals surface area contributed by atoms with E-state index in [1.807, 2.05) is 19.9 Å². The van der Waals surface area contributed by atoms with Crippen LogP contribution in [0.1, 0.15) is 17.0 Å². The van der Waals surface area contributed by atoms with Crippen LogP contribution >= 0.6 is 35.0 Å². The molecule has 0 saturated heterocycles. The Kier molecular flexibility index (Phi) is 6.38. The SMILES string of the molecule is Cc1cc(C)nc(SCC(=O)N/N=C/c2ccc(Cl)c(Cl)c2)n1. The molecule has 0 atom stereocenters. The number of hydrogen-bond acceptors (Lipinski definition) is 5. The number of benzene rings is 1. The largest absolute Gasteiger partial charge is 0.272 e. The monoisotopic (exact) mass is 368 g/mol. The van der Waals surface area contributed by atoms with Crippen molar-refractivity contribution in [3.8, 4) is 0 Å². The standard InChI is InChI=1S/C15H14Cl2N4OS/c1-9-5-10(2)20-15(19-9)23-8-14(22)21-18-7-11-3-4-12(16)13(17)6-11/h3-7H,8H2,1-2H3,(H,21,22)/b18-7+. The predicted molar refractivity (Wildman–Crippen MR) is 94.4 cm³/mol. The number of aromatic nitrogens is 2. The fraction of sp³-hybridized carbons (Fsp3) is 0.200. The minimum atomic E-state index is -0.242. The first kappa shape index (κ1) is 17.7. The topological polar surface area (TPSA) is 67.2 Å². The highest BCUT2D eigenvalue weighted by Crippen LogP contribution is 2.21. The summed E-state index contributed by atoms with van der Waals surface area (Å²) in [5, 5.41) is 5.36. The van der Waals surface area contributed by atoms with E-state index in [9.17, 15) is 4.79 Å². The molecule has 0 fully saturated rings. The molecule has 120 valence electrons. The summed E-state index contributed by atoms with van der Waals surface area (Å²) < 4.78 is 0. The molecule has 2 rings (SSSR count). The first-order valence-electron chi connectivity index (χ1n) is 6.66. The molecular formula is C15H14Cl2N4OS. The number of rotatable bonds is 5. The summed E-state index contributed by atoms with van der Waals surface area (Å²) in [5.74, 6) is -0.0595. The summed E-state index contributed by atoms with van der Waals surface area (Å²) in [4.78, 5) is 20.3. The van der Waals surface area contributed by atoms with Gasteiger partial charge < -0.3 is 0 Å². The van der Waals surface area contributed by atoms with E-state index in [0.717, 1.165) is 17.0 Å². The van der Waals surface area contributed by atoms with Gasteiger partial charge in [-0.1, -0.05) is 41.0 Å². The van der Waals surface area contributed by atoms with Gasteiger partial charge in [0, 0.05) is 11.4 Å². The number of carbonyl (C=O) groups is 1. The summed E-state index contributed by atoms with van der Waals surface area (Å²) in [6.07, 6.45) is 1.50. The van der Waals surface area contributed by atoms with Crippen molar-refractivity contribution in [3.63, 3.8) is 0 Å². The van der Waals surface area contributed by atoms with Crippen molar-refractivity contribution < 1.29 is 4.79 Å². The predicted octanol–water partition coefficient (Wildman–Crippen LogP) is 3.64. The van der Waals surface area contributed by atoms with Crippen LogP contribution in [0.25, 0.3) is 0 Å². The highest BCUT2D eigenvalue weighted by molar-refractivity contribution is 7.99. The molecule has 1 amide bonds. The van der Waals surface area contributed by atoms with Crippen molar-refractivity contribution in [1.82, 2.24) is 15.4 Å². The first-order chi connectivity index (χ1) is 10.9. The summed E-state index contributed by atoms with van der Waals surface area (Å²) in [6, 6.07) is 6.96. The Balaban J connectivity index is 1.85. The van der Waals surface area contributed by atoms with Crippen molar-refractivity contribution in [2.45, 2.75) is 19.0 Å². The highest BCUT2D eigenvalue weighted by Gasteiger charge is 2.05. The quantitative estimate of drug-likeness (QED) is 0.378. The molecule has 1 aromatic heterocycles. The van der Waals surface area contributed by atoms with E-state index in [0.29, 0.717) is 15.2 Å². The minimum Gasteiger partial charge on any atom is -0.272 e. The maximum absolute atomic E-state index is 11.7. The Labute approximate surface area is 148 Å². The second kappa shape index (κ2) is 8.29. The molecule has 23 heavy (non-hydrogen) atoms. The molecule has 0 bridgehead atoms. The Morgan fingerprint density at radius 3 is 2.57 bits per heavy atom. The number of carbonyl (C=O) groups excluding carboxylic acids is 1. The molecule has 1 aromatic carbocycles. The van der Waals surface area contributed by atoms with Crippen molar-refractivity contribution >= 4 is 47.1 Å². The third-order valence-electron chi connectivity index (χ3n) is 2.64. The highest BCUT2D eigenvalue weighted by atomic mass is 35.5. The van der Waals surface area contributed by atoms with Gasteiger partial charge in [0.05, 0.1) is 22.0 Å². The number of thioether (sulfide) groups is 1. The van der Waals surface area contributed by atoms with Gasteiger partial charge in [-0.05, 0) is 37.6 Å². The van der Waals surface area contributed by atoms with Gasteiger partial charge >= 0.3 is 0 Å². The van der Waals surface area contributed by atoms with Crippen LogP contribution < -0.4 is 5.43 Å². The normalized spacial score (nSPS) is 11.0. The smallest absolute Gasteiger partial charge is 0.250 e. The van der Waals surface area contributed by atoms with Crippen LogP contribution in [0, 0.1) is 13.8 Å². The fourth-order valence-electron chi connectivity index (χ4n) is 1.69. The van der Waals surface area contributed by atoms with Crippen LogP contribution in [0.2, 0.25) is 10.0 Å². The summed E-state index contributed by atoms with van der Waals surface area (Å²) in [7, 11) is 0. The van der Waals surface area contributed by atoms with Crippen LogP contribution in [0.3, 0.4) is 0 Å². The average molecular weight is 369 g/mol. The Morgan fingerprint density at radius 2 is 1.91 bits per heavy atom. The van der Waals surface area contributed by atoms with Gasteiger partial charge in [0.1, 0.15) is 0 Å². The first-order valence-corrected chi connectivity index (χ1v) is 8.40. The number of aryl methyl sites for hydroxylation is 2. The van der Waals surface area contributed by atoms with E-state index in [2.05, 4.69) is 20.5 Å². The molecule has 0 radical (unpaired) electrons. The van der Waals surface area contributed by atoms with Gasteiger partial charge in [0.2, 0.25) is 0 Å². The van der Waals surface area contributed by atoms with E-state index in [1.54, 1.807) is 18.2 Å². The number of amides is 1. The van der Waals surface area contributed by atoms with Crippen molar-refractivity contribution in [2.24, 2.45) is 5.10 Å². The lowest BCUT2D eigenvalue weighted by molar-refractivity contribution is -0.118. The number of nitrogens with one attached hydrogen (secondary N) is 1. The Bertz CT molecular complexity index is 732. The Hall–Kier alpha value is -1.63. The number of nitrogens with zero attached hydrogens (tertiary/aromatic N) is 3. The molecule has 0 unspecified atom stereocenters. The molecule has 5 nitrogen and oxygen atoms in total. The molecule has 8 heteroatoms. The molecule has 0 aliphatic rings. The van der Waals surface area contributed by atoms with Crippen molar-refractivity contribution in [2.75, 3.05) is 5.75 Å². The van der Waals surface area contributed by atoms with Crippen LogP contribution in [-0.4, -0.2) is 27.8 Å². The molecule has 0 aliphatic heterocycles. The van der Waals surface area contributed by atoms with Crippen LogP contribution in [0.5, 0.6) is 0 Å². The van der Waals surface area contributed by atoms with Crippen molar-refractivity contribution in [3.05, 3.63) is 51.3 Å². The number of hydrogen-bond donors (Lipinski definition) is 1. The van der Waals surface area contributed by atoms with Gasteiger partial charge in [0.25, 0.3) is 5.91 Å². The lowest BCUT2D eigenvalue weighted by atomic mass is 10.2. The summed E-state index contributed by atoms with van der Waals surface area (Å²) >= 11 is 13.0. The van der Waals surface area contributed by atoms with Gasteiger partial charge in [-0.25, -0.2) is 15.4 Å². The van der Waals surface area contributed by atoms with Gasteiger partial charge in [-0.15, -0.1) is 0 Å². The maximum atomic E-state index is 11.7. The van der Waals surface area contributed by atoms with Gasteiger partial charge in [-0.3, -0.25) is 4.79 Å². The summed E-state index contributed by atoms with van der Waals surface area (Å²) in [5.41, 5.74) is 4.93. The number of hydrazone groups is 1. The minimum absolute atomic E-state index is 0.182. The molecule has 0 aliphatic carbocycles. The molecule has 0 spiro atoms. The van der Waals surface area contributed by atoms with Crippen molar-refractivity contribution in [1.29, 1.82) is 0 Å². The zero-order valence-corrected chi connectivity index (χ0v) is 14.8. The van der Waals surface area contributed by atoms with Gasteiger partial charge in [-0.2, -0.15) is 5.10 Å². The molecule has 0 saturated carbocycles. The molecule has 2 aromatic rings. The zero-order chi connectivity index (χ0) is 16.8. The Morgan fingerprint density at radius 1 is 1.22 bits per heavy atom. The van der Waals surface area contributed by atoms with E-state index in [-0.39, 0.29) is 11.7 Å². The maximum Gasteiger partial charge on any atom is 0.250 e. The van der Waals surface area contributed by atoms with Crippen LogP contribution in [0.4, 0.5) is 0 Å². The molecule has 1 N–H and O–H groups in total. The lowest BCUT2D eigenvalue weighted by Gasteiger charge is -2.02. The molecular weight excluding hydrogens is 355 g/mol.